The number of rotatable bonds is 2. The van der Waals surface area contributed by atoms with Crippen LogP contribution in [0.1, 0.15) is 20.8 Å². The van der Waals surface area contributed by atoms with Crippen LogP contribution in [0, 0.1) is 5.41 Å². The highest BCUT2D eigenvalue weighted by Crippen LogP contribution is 2.13. The van der Waals surface area contributed by atoms with Gasteiger partial charge in [0, 0.05) is 6.08 Å². The van der Waals surface area contributed by atoms with Crippen LogP contribution in [0.2, 0.25) is 0 Å². The minimum absolute atomic E-state index is 0.114. The number of hydrogen-bond acceptors (Lipinski definition) is 1. The molecule has 0 saturated heterocycles. The van der Waals surface area contributed by atoms with Crippen molar-refractivity contribution in [2.75, 3.05) is 0 Å². The van der Waals surface area contributed by atoms with Crippen molar-refractivity contribution < 1.29 is 9.90 Å². The Kier molecular flexibility index (Phi) is 3.58. The van der Waals surface area contributed by atoms with Gasteiger partial charge in [-0.3, -0.25) is 0 Å². The third-order valence-corrected chi connectivity index (χ3v) is 0.946. The quantitative estimate of drug-likeness (QED) is 0.489. The second kappa shape index (κ2) is 3.96. The molecule has 0 unspecified atom stereocenters. The van der Waals surface area contributed by atoms with Crippen molar-refractivity contribution in [3.05, 3.63) is 24.3 Å². The van der Waals surface area contributed by atoms with Crippen LogP contribution in [-0.2, 0) is 4.79 Å². The van der Waals surface area contributed by atoms with Gasteiger partial charge in [-0.15, -0.1) is 0 Å². The fourth-order valence-electron chi connectivity index (χ4n) is 0.482. The maximum Gasteiger partial charge on any atom is 0.328 e. The van der Waals surface area contributed by atoms with Crippen molar-refractivity contribution in [3.63, 3.8) is 0 Å². The van der Waals surface area contributed by atoms with E-state index in [0.717, 1.165) is 6.08 Å². The number of carboxylic acid groups (broad SMARTS) is 1. The predicted molar refractivity (Wildman–Crippen MR) is 45.4 cm³/mol. The molecule has 0 spiro atoms. The van der Waals surface area contributed by atoms with Gasteiger partial charge in [0.25, 0.3) is 0 Å². The van der Waals surface area contributed by atoms with Crippen LogP contribution in [0.4, 0.5) is 0 Å². The van der Waals surface area contributed by atoms with E-state index in [1.54, 1.807) is 6.08 Å². The van der Waals surface area contributed by atoms with Crippen molar-refractivity contribution in [3.8, 4) is 0 Å². The molecule has 0 amide bonds. The second-order valence-electron chi connectivity index (χ2n) is 3.42. The topological polar surface area (TPSA) is 37.3 Å². The fourth-order valence-corrected chi connectivity index (χ4v) is 0.482. The van der Waals surface area contributed by atoms with E-state index in [2.05, 4.69) is 20.8 Å². The molecule has 0 fully saturated rings. The first kappa shape index (κ1) is 9.95. The Morgan fingerprint density at radius 3 is 2.18 bits per heavy atom. The van der Waals surface area contributed by atoms with Crippen LogP contribution in [0.15, 0.2) is 24.3 Å². The summed E-state index contributed by atoms with van der Waals surface area (Å²) in [6.07, 6.45) is 6.33. The lowest BCUT2D eigenvalue weighted by atomic mass is 9.96. The minimum atomic E-state index is -0.913. The van der Waals surface area contributed by atoms with E-state index < -0.39 is 5.97 Å². The molecule has 0 atom stereocenters. The first-order valence-electron chi connectivity index (χ1n) is 3.51. The van der Waals surface area contributed by atoms with Gasteiger partial charge in [0.05, 0.1) is 0 Å². The Balaban J connectivity index is 3.88. The summed E-state index contributed by atoms with van der Waals surface area (Å²) in [7, 11) is 0. The summed E-state index contributed by atoms with van der Waals surface area (Å²) in [6.45, 7) is 6.16. The standard InChI is InChI=1S/C9H14O2/c1-9(2,3)7-5-4-6-8(10)11/h4-7H,1-3H3,(H,10,11)/b6-4+,7-5+. The highest BCUT2D eigenvalue weighted by molar-refractivity contribution is 5.80. The normalized spacial score (nSPS) is 13.0. The summed E-state index contributed by atoms with van der Waals surface area (Å²) in [5, 5.41) is 8.22. The van der Waals surface area contributed by atoms with E-state index in [9.17, 15) is 4.79 Å². The Bertz CT molecular complexity index is 182. The molecule has 62 valence electrons. The number of hydrogen-bond donors (Lipinski definition) is 1. The largest absolute Gasteiger partial charge is 0.478 e. The van der Waals surface area contributed by atoms with Gasteiger partial charge in [-0.05, 0) is 5.41 Å². The lowest BCUT2D eigenvalue weighted by Crippen LogP contribution is -1.97. The molecule has 2 heteroatoms. The van der Waals surface area contributed by atoms with Gasteiger partial charge in [-0.2, -0.15) is 0 Å². The molecule has 0 aromatic rings. The molecule has 0 aromatic carbocycles. The molecule has 0 aliphatic rings. The van der Waals surface area contributed by atoms with E-state index in [1.165, 1.54) is 6.08 Å². The average molecular weight is 154 g/mol. The zero-order valence-corrected chi connectivity index (χ0v) is 7.16. The number of carbonyl (C=O) groups is 1. The lowest BCUT2D eigenvalue weighted by Gasteiger charge is -2.09. The Morgan fingerprint density at radius 1 is 1.27 bits per heavy atom. The smallest absolute Gasteiger partial charge is 0.328 e. The molecule has 0 aromatic heterocycles. The van der Waals surface area contributed by atoms with E-state index >= 15 is 0 Å². The van der Waals surface area contributed by atoms with E-state index in [-0.39, 0.29) is 5.41 Å². The van der Waals surface area contributed by atoms with E-state index in [0.29, 0.717) is 0 Å². The van der Waals surface area contributed by atoms with Crippen molar-refractivity contribution in [2.24, 2.45) is 5.41 Å². The summed E-state index contributed by atoms with van der Waals surface area (Å²) in [5.41, 5.74) is 0.114. The zero-order valence-electron chi connectivity index (χ0n) is 7.16. The molecule has 0 rings (SSSR count). The van der Waals surface area contributed by atoms with Crippen LogP contribution < -0.4 is 0 Å². The Morgan fingerprint density at radius 2 is 1.82 bits per heavy atom. The molecule has 0 heterocycles. The number of allylic oxidation sites excluding steroid dienone is 3. The minimum Gasteiger partial charge on any atom is -0.478 e. The fraction of sp³-hybridized carbons (Fsp3) is 0.444. The van der Waals surface area contributed by atoms with Crippen molar-refractivity contribution >= 4 is 5.97 Å². The Labute approximate surface area is 67.2 Å². The molecule has 11 heavy (non-hydrogen) atoms. The van der Waals surface area contributed by atoms with Crippen molar-refractivity contribution in [1.82, 2.24) is 0 Å². The van der Waals surface area contributed by atoms with Gasteiger partial charge >= 0.3 is 5.97 Å². The van der Waals surface area contributed by atoms with Crippen molar-refractivity contribution in [2.45, 2.75) is 20.8 Å². The zero-order chi connectivity index (χ0) is 8.91. The number of aliphatic carboxylic acids is 1. The summed E-state index contributed by atoms with van der Waals surface area (Å²) < 4.78 is 0. The Hall–Kier alpha value is -1.05. The first-order chi connectivity index (χ1) is 4.92. The monoisotopic (exact) mass is 154 g/mol. The molecule has 0 aliphatic carbocycles. The molecule has 0 aliphatic heterocycles. The van der Waals surface area contributed by atoms with Gasteiger partial charge in [-0.1, -0.05) is 39.0 Å². The first-order valence-corrected chi connectivity index (χ1v) is 3.51. The molecular weight excluding hydrogens is 140 g/mol. The molecule has 1 N–H and O–H groups in total. The van der Waals surface area contributed by atoms with Gasteiger partial charge < -0.3 is 5.11 Å². The maximum atomic E-state index is 10.0. The highest BCUT2D eigenvalue weighted by atomic mass is 16.4. The van der Waals surface area contributed by atoms with Crippen LogP contribution in [-0.4, -0.2) is 11.1 Å². The summed E-state index contributed by atoms with van der Waals surface area (Å²) in [4.78, 5) is 10.0. The van der Waals surface area contributed by atoms with Crippen molar-refractivity contribution in [1.29, 1.82) is 0 Å². The van der Waals surface area contributed by atoms with Gasteiger partial charge in [0.2, 0.25) is 0 Å². The molecule has 0 bridgehead atoms. The highest BCUT2D eigenvalue weighted by Gasteiger charge is 2.01. The summed E-state index contributed by atoms with van der Waals surface area (Å²) in [5.74, 6) is -0.913. The van der Waals surface area contributed by atoms with Gasteiger partial charge in [0.1, 0.15) is 0 Å². The van der Waals surface area contributed by atoms with Crippen LogP contribution >= 0.6 is 0 Å². The summed E-state index contributed by atoms with van der Waals surface area (Å²) >= 11 is 0. The van der Waals surface area contributed by atoms with Gasteiger partial charge in [-0.25, -0.2) is 4.79 Å². The second-order valence-corrected chi connectivity index (χ2v) is 3.42. The molecule has 0 radical (unpaired) electrons. The third kappa shape index (κ3) is 8.95. The van der Waals surface area contributed by atoms with Crippen LogP contribution in [0.3, 0.4) is 0 Å². The maximum absolute atomic E-state index is 10.0. The van der Waals surface area contributed by atoms with Gasteiger partial charge in [0.15, 0.2) is 0 Å². The van der Waals surface area contributed by atoms with Crippen LogP contribution in [0.25, 0.3) is 0 Å². The lowest BCUT2D eigenvalue weighted by molar-refractivity contribution is -0.131. The SMILES string of the molecule is CC(C)(C)/C=C/C=C/C(=O)O. The number of carboxylic acids is 1. The van der Waals surface area contributed by atoms with E-state index in [4.69, 9.17) is 5.11 Å². The predicted octanol–water partition coefficient (Wildman–Crippen LogP) is 2.23. The molecule has 2 nitrogen and oxygen atoms in total. The average Bonchev–Trinajstić information content (AvgIpc) is 1.78. The summed E-state index contributed by atoms with van der Waals surface area (Å²) in [6, 6.07) is 0. The molecule has 0 saturated carbocycles. The van der Waals surface area contributed by atoms with Crippen LogP contribution in [0.5, 0.6) is 0 Å². The van der Waals surface area contributed by atoms with E-state index in [1.807, 2.05) is 6.08 Å². The molecular formula is C9H14O2. The third-order valence-electron chi connectivity index (χ3n) is 0.946.